The summed E-state index contributed by atoms with van der Waals surface area (Å²) in [5.74, 6) is 0. The van der Waals surface area contributed by atoms with Crippen LogP contribution >= 0.6 is 0 Å². The molecule has 1 N–H and O–H groups in total. The highest BCUT2D eigenvalue weighted by Gasteiger charge is 2.03. The van der Waals surface area contributed by atoms with Crippen molar-refractivity contribution in [1.29, 1.82) is 0 Å². The Morgan fingerprint density at radius 3 is 2.53 bits per heavy atom. The molecule has 1 heterocycles. The number of nitrogens with zero attached hydrogens (tertiary/aromatic N) is 2. The Bertz CT molecular complexity index is 376. The van der Waals surface area contributed by atoms with Crippen LogP contribution in [0, 0.1) is 0 Å². The van der Waals surface area contributed by atoms with E-state index in [0.29, 0.717) is 0 Å². The van der Waals surface area contributed by atoms with Crippen LogP contribution in [0.15, 0.2) is 34.5 Å². The van der Waals surface area contributed by atoms with E-state index in [2.05, 4.69) is 46.9 Å². The van der Waals surface area contributed by atoms with E-state index in [4.69, 9.17) is 0 Å². The minimum Gasteiger partial charge on any atom is -0.198 e. The second-order valence-corrected chi connectivity index (χ2v) is 3.64. The molecule has 0 bridgehead atoms. The number of aryl methyl sites for hydroxylation is 1. The zero-order chi connectivity index (χ0) is 10.5. The molecule has 1 aromatic carbocycles. The van der Waals surface area contributed by atoms with Crippen molar-refractivity contribution in [3.63, 3.8) is 0 Å². The first-order chi connectivity index (χ1) is 7.38. The first-order valence-electron chi connectivity index (χ1n) is 5.28. The molecular formula is C12H15N3. The maximum Gasteiger partial charge on any atom is 0.0496 e. The number of benzene rings is 1. The topological polar surface area (TPSA) is 36.8 Å². The quantitative estimate of drug-likeness (QED) is 0.799. The molecule has 78 valence electrons. The van der Waals surface area contributed by atoms with E-state index in [1.54, 1.807) is 0 Å². The van der Waals surface area contributed by atoms with E-state index in [-0.39, 0.29) is 0 Å². The summed E-state index contributed by atoms with van der Waals surface area (Å²) in [5.41, 5.74) is 6.46. The van der Waals surface area contributed by atoms with E-state index >= 15 is 0 Å². The van der Waals surface area contributed by atoms with Gasteiger partial charge in [-0.05, 0) is 17.5 Å². The SMILES string of the molecule is CCc1ccc(CC2=NNN=CC2)cc1. The fourth-order valence-corrected chi connectivity index (χ4v) is 1.58. The normalized spacial score (nSPS) is 14.6. The van der Waals surface area contributed by atoms with Crippen LogP contribution in [0.3, 0.4) is 0 Å². The standard InChI is InChI=1S/C12H15N3/c1-2-10-3-5-11(6-4-10)9-12-7-8-13-15-14-12/h3-6,8,15H,2,7,9H2,1H3. The highest BCUT2D eigenvalue weighted by molar-refractivity contribution is 5.97. The molecule has 0 spiro atoms. The third-order valence-electron chi connectivity index (χ3n) is 2.52. The minimum atomic E-state index is 0.850. The molecule has 0 aromatic heterocycles. The highest BCUT2D eigenvalue weighted by Crippen LogP contribution is 2.07. The summed E-state index contributed by atoms with van der Waals surface area (Å²) >= 11 is 0. The van der Waals surface area contributed by atoms with Gasteiger partial charge in [-0.15, -0.1) is 0 Å². The van der Waals surface area contributed by atoms with Gasteiger partial charge in [0.1, 0.15) is 0 Å². The molecule has 0 fully saturated rings. The molecule has 1 aliphatic heterocycles. The van der Waals surface area contributed by atoms with Crippen molar-refractivity contribution in [2.45, 2.75) is 26.2 Å². The van der Waals surface area contributed by atoms with E-state index in [9.17, 15) is 0 Å². The minimum absolute atomic E-state index is 0.850. The van der Waals surface area contributed by atoms with Gasteiger partial charge in [-0.2, -0.15) is 15.7 Å². The fraction of sp³-hybridized carbons (Fsp3) is 0.333. The summed E-state index contributed by atoms with van der Waals surface area (Å²) in [6.07, 6.45) is 4.70. The Hall–Kier alpha value is -1.64. The van der Waals surface area contributed by atoms with Gasteiger partial charge in [0, 0.05) is 24.8 Å². The second kappa shape index (κ2) is 4.73. The fourth-order valence-electron chi connectivity index (χ4n) is 1.58. The first kappa shape index (κ1) is 9.90. The lowest BCUT2D eigenvalue weighted by Crippen LogP contribution is -2.14. The zero-order valence-electron chi connectivity index (χ0n) is 8.90. The average Bonchev–Trinajstić information content (AvgIpc) is 2.31. The summed E-state index contributed by atoms with van der Waals surface area (Å²) in [5, 5.41) is 7.97. The van der Waals surface area contributed by atoms with Crippen molar-refractivity contribution in [2.75, 3.05) is 0 Å². The molecule has 1 aromatic rings. The maximum absolute atomic E-state index is 4.14. The summed E-state index contributed by atoms with van der Waals surface area (Å²) in [7, 11) is 0. The highest BCUT2D eigenvalue weighted by atomic mass is 15.5. The molecule has 2 rings (SSSR count). The number of hydrogen-bond acceptors (Lipinski definition) is 3. The first-order valence-corrected chi connectivity index (χ1v) is 5.28. The van der Waals surface area contributed by atoms with Gasteiger partial charge < -0.3 is 0 Å². The Morgan fingerprint density at radius 1 is 1.20 bits per heavy atom. The Balaban J connectivity index is 2.01. The lowest BCUT2D eigenvalue weighted by molar-refractivity contribution is 0.790. The van der Waals surface area contributed by atoms with Crippen LogP contribution in [0.4, 0.5) is 0 Å². The second-order valence-electron chi connectivity index (χ2n) is 3.64. The van der Waals surface area contributed by atoms with Crippen LogP contribution in [0.25, 0.3) is 0 Å². The molecular weight excluding hydrogens is 186 g/mol. The number of rotatable bonds is 3. The largest absolute Gasteiger partial charge is 0.198 e. The van der Waals surface area contributed by atoms with E-state index in [1.807, 2.05) is 6.21 Å². The van der Waals surface area contributed by atoms with Crippen LogP contribution in [0.1, 0.15) is 24.5 Å². The smallest absolute Gasteiger partial charge is 0.0496 e. The Kier molecular flexibility index (Phi) is 3.12. The Labute approximate surface area is 89.9 Å². The van der Waals surface area contributed by atoms with Crippen LogP contribution in [-0.4, -0.2) is 11.9 Å². The van der Waals surface area contributed by atoms with Crippen LogP contribution in [0.5, 0.6) is 0 Å². The van der Waals surface area contributed by atoms with Crippen molar-refractivity contribution >= 4 is 11.9 Å². The molecule has 0 amide bonds. The van der Waals surface area contributed by atoms with Gasteiger partial charge in [0.15, 0.2) is 0 Å². The molecule has 3 heteroatoms. The van der Waals surface area contributed by atoms with Gasteiger partial charge in [-0.1, -0.05) is 31.2 Å². The van der Waals surface area contributed by atoms with Crippen molar-refractivity contribution in [1.82, 2.24) is 5.53 Å². The zero-order valence-corrected chi connectivity index (χ0v) is 8.90. The number of hydrogen-bond donors (Lipinski definition) is 1. The van der Waals surface area contributed by atoms with Gasteiger partial charge in [0.25, 0.3) is 0 Å². The lowest BCUT2D eigenvalue weighted by Gasteiger charge is -2.07. The molecule has 3 nitrogen and oxygen atoms in total. The third kappa shape index (κ3) is 2.65. The van der Waals surface area contributed by atoms with Crippen molar-refractivity contribution in [2.24, 2.45) is 10.2 Å². The summed E-state index contributed by atoms with van der Waals surface area (Å²) in [6.45, 7) is 2.17. The monoisotopic (exact) mass is 201 g/mol. The van der Waals surface area contributed by atoms with Gasteiger partial charge in [0.2, 0.25) is 0 Å². The molecule has 15 heavy (non-hydrogen) atoms. The lowest BCUT2D eigenvalue weighted by atomic mass is 10.0. The van der Waals surface area contributed by atoms with Crippen LogP contribution in [-0.2, 0) is 12.8 Å². The maximum atomic E-state index is 4.14. The van der Waals surface area contributed by atoms with Crippen molar-refractivity contribution < 1.29 is 0 Å². The van der Waals surface area contributed by atoms with E-state index in [0.717, 1.165) is 25.0 Å². The number of hydrazone groups is 2. The van der Waals surface area contributed by atoms with Crippen molar-refractivity contribution in [3.05, 3.63) is 35.4 Å². The van der Waals surface area contributed by atoms with E-state index < -0.39 is 0 Å². The molecule has 1 aliphatic rings. The van der Waals surface area contributed by atoms with Gasteiger partial charge in [-0.25, -0.2) is 0 Å². The predicted octanol–water partition coefficient (Wildman–Crippen LogP) is 2.13. The van der Waals surface area contributed by atoms with Crippen LogP contribution < -0.4 is 5.53 Å². The predicted molar refractivity (Wildman–Crippen MR) is 63.2 cm³/mol. The van der Waals surface area contributed by atoms with Gasteiger partial charge >= 0.3 is 0 Å². The molecule has 0 saturated carbocycles. The average molecular weight is 201 g/mol. The van der Waals surface area contributed by atoms with Gasteiger partial charge in [-0.3, -0.25) is 0 Å². The molecule has 0 unspecified atom stereocenters. The summed E-state index contributed by atoms with van der Waals surface area (Å²) < 4.78 is 0. The molecule has 0 saturated heterocycles. The number of nitrogens with one attached hydrogen (secondary N) is 1. The summed E-state index contributed by atoms with van der Waals surface area (Å²) in [6, 6.07) is 8.71. The van der Waals surface area contributed by atoms with Crippen molar-refractivity contribution in [3.8, 4) is 0 Å². The third-order valence-corrected chi connectivity index (χ3v) is 2.52. The molecule has 0 atom stereocenters. The van der Waals surface area contributed by atoms with Crippen LogP contribution in [0.2, 0.25) is 0 Å². The summed E-state index contributed by atoms with van der Waals surface area (Å²) in [4.78, 5) is 0. The Morgan fingerprint density at radius 2 is 1.93 bits per heavy atom. The van der Waals surface area contributed by atoms with Gasteiger partial charge in [0.05, 0.1) is 0 Å². The molecule has 0 aliphatic carbocycles. The molecule has 0 radical (unpaired) electrons. The van der Waals surface area contributed by atoms with E-state index in [1.165, 1.54) is 11.1 Å².